The Hall–Kier alpha value is -3.26. The first-order chi connectivity index (χ1) is 16.0. The van der Waals surface area contributed by atoms with Gasteiger partial charge in [0.1, 0.15) is 11.4 Å². The number of anilines is 1. The quantitative estimate of drug-likeness (QED) is 0.581. The van der Waals surface area contributed by atoms with Crippen molar-refractivity contribution in [2.45, 2.75) is 51.7 Å². The second kappa shape index (κ2) is 10.8. The van der Waals surface area contributed by atoms with E-state index in [-0.39, 0.29) is 36.1 Å². The summed E-state index contributed by atoms with van der Waals surface area (Å²) in [6.45, 7) is 6.41. The van der Waals surface area contributed by atoms with Gasteiger partial charge in [0.2, 0.25) is 5.91 Å². The molecule has 1 saturated heterocycles. The van der Waals surface area contributed by atoms with Gasteiger partial charge in [-0.05, 0) is 70.0 Å². The predicted molar refractivity (Wildman–Crippen MR) is 130 cm³/mol. The molecule has 0 aromatic heterocycles. The molecule has 1 unspecified atom stereocenters. The van der Waals surface area contributed by atoms with Crippen molar-refractivity contribution in [2.75, 3.05) is 18.4 Å². The van der Waals surface area contributed by atoms with Gasteiger partial charge in [-0.15, -0.1) is 0 Å². The van der Waals surface area contributed by atoms with Crippen LogP contribution in [0.3, 0.4) is 0 Å². The molecule has 0 bridgehead atoms. The summed E-state index contributed by atoms with van der Waals surface area (Å²) in [5.74, 6) is -0.657. The number of amides is 3. The van der Waals surface area contributed by atoms with Crippen LogP contribution in [0.2, 0.25) is 5.02 Å². The van der Waals surface area contributed by atoms with E-state index in [0.29, 0.717) is 34.9 Å². The lowest BCUT2D eigenvalue weighted by molar-refractivity contribution is -0.115. The molecule has 1 aliphatic rings. The van der Waals surface area contributed by atoms with E-state index >= 15 is 0 Å². The predicted octanol–water partition coefficient (Wildman–Crippen LogP) is 4.36. The van der Waals surface area contributed by atoms with E-state index in [4.69, 9.17) is 16.3 Å². The molecule has 1 atom stereocenters. The number of hydrogen-bond donors (Lipinski definition) is 3. The highest BCUT2D eigenvalue weighted by Gasteiger charge is 2.28. The van der Waals surface area contributed by atoms with Crippen LogP contribution < -0.4 is 10.6 Å². The van der Waals surface area contributed by atoms with E-state index in [1.807, 2.05) is 20.8 Å². The lowest BCUT2D eigenvalue weighted by Crippen LogP contribution is -2.50. The van der Waals surface area contributed by atoms with Crippen LogP contribution in [0.1, 0.15) is 49.5 Å². The molecule has 3 rings (SSSR count). The number of piperidine rings is 1. The number of carbonyl (C=O) groups is 3. The first-order valence-corrected chi connectivity index (χ1v) is 11.5. The van der Waals surface area contributed by atoms with E-state index < -0.39 is 5.60 Å². The summed E-state index contributed by atoms with van der Waals surface area (Å²) >= 11 is 5.93. The molecule has 0 saturated carbocycles. The Kier molecular flexibility index (Phi) is 8.04. The fraction of sp³-hybridized carbons (Fsp3) is 0.400. The number of likely N-dealkylation sites (tertiary alicyclic amines) is 1. The number of hydrogen-bond acceptors (Lipinski definition) is 5. The molecule has 2 aromatic rings. The second-order valence-electron chi connectivity index (χ2n) is 9.32. The van der Waals surface area contributed by atoms with Crippen molar-refractivity contribution >= 4 is 35.2 Å². The molecule has 1 aliphatic heterocycles. The van der Waals surface area contributed by atoms with Crippen molar-refractivity contribution in [2.24, 2.45) is 0 Å². The van der Waals surface area contributed by atoms with Crippen molar-refractivity contribution in [1.82, 2.24) is 10.2 Å². The first kappa shape index (κ1) is 25.4. The van der Waals surface area contributed by atoms with Gasteiger partial charge in [0, 0.05) is 41.0 Å². The van der Waals surface area contributed by atoms with Crippen molar-refractivity contribution < 1.29 is 24.2 Å². The van der Waals surface area contributed by atoms with Gasteiger partial charge >= 0.3 is 6.09 Å². The zero-order chi connectivity index (χ0) is 24.9. The molecule has 3 amide bonds. The lowest BCUT2D eigenvalue weighted by Gasteiger charge is -2.34. The van der Waals surface area contributed by atoms with Crippen molar-refractivity contribution in [3.8, 4) is 5.75 Å². The lowest BCUT2D eigenvalue weighted by atomic mass is 10.1. The van der Waals surface area contributed by atoms with Gasteiger partial charge in [0.05, 0.1) is 6.42 Å². The minimum absolute atomic E-state index is 0.0133. The molecule has 0 aliphatic carbocycles. The van der Waals surface area contributed by atoms with Crippen LogP contribution in [0.5, 0.6) is 5.75 Å². The molecule has 1 heterocycles. The van der Waals surface area contributed by atoms with E-state index in [1.165, 1.54) is 12.1 Å². The van der Waals surface area contributed by atoms with Gasteiger partial charge in [-0.25, -0.2) is 4.79 Å². The highest BCUT2D eigenvalue weighted by molar-refractivity contribution is 6.30. The van der Waals surface area contributed by atoms with E-state index in [9.17, 15) is 19.5 Å². The Morgan fingerprint density at radius 3 is 2.68 bits per heavy atom. The number of nitrogens with one attached hydrogen (secondary N) is 2. The summed E-state index contributed by atoms with van der Waals surface area (Å²) in [4.78, 5) is 39.2. The minimum Gasteiger partial charge on any atom is -0.508 e. The molecular weight excluding hydrogens is 458 g/mol. The fourth-order valence-corrected chi connectivity index (χ4v) is 3.86. The number of nitrogens with zero attached hydrogens (tertiary/aromatic N) is 1. The highest BCUT2D eigenvalue weighted by Crippen LogP contribution is 2.22. The third kappa shape index (κ3) is 7.38. The van der Waals surface area contributed by atoms with Crippen molar-refractivity contribution in [3.05, 3.63) is 58.6 Å². The average Bonchev–Trinajstić information content (AvgIpc) is 2.75. The standard InChI is InChI=1S/C25H30ClN3O5/c1-25(2,3)34-24(33)29-11-5-8-20(15-29)28-23(32)16-6-4-7-19(13-16)27-22(31)14-17-12-18(26)9-10-21(17)30/h4,6-7,9-10,12-13,20,30H,5,8,11,14-15H2,1-3H3,(H,27,31)(H,28,32). The van der Waals surface area contributed by atoms with Crippen LogP contribution in [0.25, 0.3) is 0 Å². The van der Waals surface area contributed by atoms with Crippen LogP contribution >= 0.6 is 11.6 Å². The summed E-state index contributed by atoms with van der Waals surface area (Å²) in [6, 6.07) is 10.9. The smallest absolute Gasteiger partial charge is 0.410 e. The van der Waals surface area contributed by atoms with Crippen LogP contribution in [-0.2, 0) is 16.0 Å². The van der Waals surface area contributed by atoms with Gasteiger partial charge < -0.3 is 25.4 Å². The zero-order valence-corrected chi connectivity index (χ0v) is 20.3. The summed E-state index contributed by atoms with van der Waals surface area (Å²) in [6.07, 6.45) is 1.06. The molecule has 0 radical (unpaired) electrons. The molecule has 34 heavy (non-hydrogen) atoms. The number of halogens is 1. The van der Waals surface area contributed by atoms with Crippen molar-refractivity contribution in [3.63, 3.8) is 0 Å². The van der Waals surface area contributed by atoms with Gasteiger partial charge in [-0.1, -0.05) is 17.7 Å². The Bertz CT molecular complexity index is 1070. The summed E-state index contributed by atoms with van der Waals surface area (Å²) in [5.41, 5.74) is 0.672. The third-order valence-corrected chi connectivity index (χ3v) is 5.44. The van der Waals surface area contributed by atoms with Gasteiger partial charge in [0.25, 0.3) is 5.91 Å². The molecule has 2 aromatic carbocycles. The number of aromatic hydroxyl groups is 1. The molecule has 0 spiro atoms. The van der Waals surface area contributed by atoms with Gasteiger partial charge in [-0.3, -0.25) is 9.59 Å². The molecule has 9 heteroatoms. The normalized spacial score (nSPS) is 16.0. The number of benzene rings is 2. The second-order valence-corrected chi connectivity index (χ2v) is 9.75. The third-order valence-electron chi connectivity index (χ3n) is 5.21. The molecule has 1 fully saturated rings. The van der Waals surface area contributed by atoms with E-state index in [1.54, 1.807) is 35.2 Å². The van der Waals surface area contributed by atoms with Crippen molar-refractivity contribution in [1.29, 1.82) is 0 Å². The number of phenols is 1. The fourth-order valence-electron chi connectivity index (χ4n) is 3.67. The highest BCUT2D eigenvalue weighted by atomic mass is 35.5. The topological polar surface area (TPSA) is 108 Å². The minimum atomic E-state index is -0.580. The summed E-state index contributed by atoms with van der Waals surface area (Å²) in [5, 5.41) is 16.0. The summed E-state index contributed by atoms with van der Waals surface area (Å²) in [7, 11) is 0. The van der Waals surface area contributed by atoms with Crippen LogP contribution in [0.15, 0.2) is 42.5 Å². The Morgan fingerprint density at radius 2 is 1.94 bits per heavy atom. The van der Waals surface area contributed by atoms with Gasteiger partial charge in [0.15, 0.2) is 0 Å². The molecule has 182 valence electrons. The maximum atomic E-state index is 12.8. The van der Waals surface area contributed by atoms with Crippen LogP contribution in [0, 0.1) is 0 Å². The van der Waals surface area contributed by atoms with Crippen LogP contribution in [0.4, 0.5) is 10.5 Å². The average molecular weight is 488 g/mol. The summed E-state index contributed by atoms with van der Waals surface area (Å²) < 4.78 is 5.44. The van der Waals surface area contributed by atoms with Crippen LogP contribution in [-0.4, -0.2) is 52.6 Å². The number of rotatable bonds is 5. The molecule has 8 nitrogen and oxygen atoms in total. The number of ether oxygens (including phenoxy) is 1. The Balaban J connectivity index is 1.58. The Labute approximate surface area is 204 Å². The van der Waals surface area contributed by atoms with E-state index in [0.717, 1.165) is 12.8 Å². The first-order valence-electron chi connectivity index (χ1n) is 11.2. The SMILES string of the molecule is CC(C)(C)OC(=O)N1CCCC(NC(=O)c2cccc(NC(=O)Cc3cc(Cl)ccc3O)c2)C1. The number of phenolic OH excluding ortho intramolecular Hbond substituents is 1. The zero-order valence-electron chi connectivity index (χ0n) is 19.6. The molecule has 3 N–H and O–H groups in total. The van der Waals surface area contributed by atoms with Gasteiger partial charge in [-0.2, -0.15) is 0 Å². The molecular formula is C25H30ClN3O5. The maximum absolute atomic E-state index is 12.8. The van der Waals surface area contributed by atoms with E-state index in [2.05, 4.69) is 10.6 Å². The maximum Gasteiger partial charge on any atom is 0.410 e. The largest absolute Gasteiger partial charge is 0.508 e. The number of carbonyl (C=O) groups excluding carboxylic acids is 3. The monoisotopic (exact) mass is 487 g/mol. The Morgan fingerprint density at radius 1 is 1.18 bits per heavy atom.